The summed E-state index contributed by atoms with van der Waals surface area (Å²) in [5.41, 5.74) is 0.893. The fourth-order valence-corrected chi connectivity index (χ4v) is 3.55. The quantitative estimate of drug-likeness (QED) is 0.667. The van der Waals surface area contributed by atoms with Crippen LogP contribution in [-0.2, 0) is 4.74 Å². The minimum atomic E-state index is -0.0637. The average Bonchev–Trinajstić information content (AvgIpc) is 3.20. The van der Waals surface area contributed by atoms with Gasteiger partial charge in [-0.2, -0.15) is 0 Å². The molecule has 3 aromatic rings. The largest absolute Gasteiger partial charge is 0.379 e. The molecule has 0 spiro atoms. The van der Waals surface area contributed by atoms with Gasteiger partial charge >= 0.3 is 0 Å². The Hall–Kier alpha value is -2.18. The average molecular weight is 343 g/mol. The molecule has 0 atom stereocenters. The summed E-state index contributed by atoms with van der Waals surface area (Å²) in [5, 5.41) is 3.98. The van der Waals surface area contributed by atoms with Crippen LogP contribution >= 0.6 is 11.3 Å². The van der Waals surface area contributed by atoms with Crippen LogP contribution in [0.3, 0.4) is 0 Å². The second-order valence-electron chi connectivity index (χ2n) is 5.76. The van der Waals surface area contributed by atoms with E-state index in [1.54, 1.807) is 6.20 Å². The molecule has 126 valence electrons. The van der Waals surface area contributed by atoms with Gasteiger partial charge in [0.05, 0.1) is 11.8 Å². The van der Waals surface area contributed by atoms with E-state index in [1.807, 2.05) is 55.1 Å². The molecule has 0 aliphatic rings. The van der Waals surface area contributed by atoms with Crippen molar-refractivity contribution in [2.24, 2.45) is 0 Å². The van der Waals surface area contributed by atoms with E-state index in [2.05, 4.69) is 10.3 Å². The van der Waals surface area contributed by atoms with E-state index in [4.69, 9.17) is 4.74 Å². The van der Waals surface area contributed by atoms with Gasteiger partial charge in [0.15, 0.2) is 0 Å². The molecule has 24 heavy (non-hydrogen) atoms. The molecule has 0 saturated carbocycles. The van der Waals surface area contributed by atoms with Crippen LogP contribution in [0.4, 0.5) is 0 Å². The second-order valence-corrected chi connectivity index (χ2v) is 6.75. The van der Waals surface area contributed by atoms with Crippen LogP contribution in [0.15, 0.2) is 42.9 Å². The Kier molecular flexibility index (Phi) is 5.27. The Bertz CT molecular complexity index is 809. The third-order valence-electron chi connectivity index (χ3n) is 3.57. The fraction of sp³-hybridized carbons (Fsp3) is 0.333. The van der Waals surface area contributed by atoms with E-state index >= 15 is 0 Å². The van der Waals surface area contributed by atoms with Crippen molar-refractivity contribution >= 4 is 27.5 Å². The molecule has 3 aromatic heterocycles. The SMILES string of the molecule is CC(C)OCCCNC(=O)c1sc2ncccc2c1-n1cccc1. The molecule has 0 aliphatic heterocycles. The Morgan fingerprint density at radius 2 is 2.12 bits per heavy atom. The van der Waals surface area contributed by atoms with Gasteiger partial charge in [0.1, 0.15) is 9.71 Å². The van der Waals surface area contributed by atoms with Crippen LogP contribution in [0.2, 0.25) is 0 Å². The van der Waals surface area contributed by atoms with E-state index in [0.29, 0.717) is 18.0 Å². The minimum Gasteiger partial charge on any atom is -0.379 e. The topological polar surface area (TPSA) is 56.1 Å². The van der Waals surface area contributed by atoms with Crippen molar-refractivity contribution in [2.75, 3.05) is 13.2 Å². The highest BCUT2D eigenvalue weighted by atomic mass is 32.1. The van der Waals surface area contributed by atoms with Gasteiger partial charge in [-0.3, -0.25) is 4.79 Å². The van der Waals surface area contributed by atoms with Crippen LogP contribution in [0.25, 0.3) is 15.9 Å². The lowest BCUT2D eigenvalue weighted by molar-refractivity contribution is 0.0757. The summed E-state index contributed by atoms with van der Waals surface area (Å²) in [5.74, 6) is -0.0637. The second kappa shape index (κ2) is 7.59. The fourth-order valence-electron chi connectivity index (χ4n) is 2.49. The van der Waals surface area contributed by atoms with Crippen LogP contribution in [0.1, 0.15) is 29.9 Å². The first-order chi connectivity index (χ1) is 11.7. The first-order valence-corrected chi connectivity index (χ1v) is 8.89. The summed E-state index contributed by atoms with van der Waals surface area (Å²) in [6, 6.07) is 7.80. The molecule has 3 rings (SSSR count). The van der Waals surface area contributed by atoms with E-state index in [-0.39, 0.29) is 12.0 Å². The zero-order chi connectivity index (χ0) is 16.9. The molecule has 0 saturated heterocycles. The summed E-state index contributed by atoms with van der Waals surface area (Å²) >= 11 is 1.42. The van der Waals surface area contributed by atoms with Gasteiger partial charge in [-0.15, -0.1) is 11.3 Å². The Balaban J connectivity index is 1.79. The zero-order valence-electron chi connectivity index (χ0n) is 13.9. The first kappa shape index (κ1) is 16.7. The predicted octanol–water partition coefficient (Wildman–Crippen LogP) is 3.63. The summed E-state index contributed by atoms with van der Waals surface area (Å²) in [7, 11) is 0. The highest BCUT2D eigenvalue weighted by Crippen LogP contribution is 2.32. The number of fused-ring (bicyclic) bond motifs is 1. The third-order valence-corrected chi connectivity index (χ3v) is 4.67. The van der Waals surface area contributed by atoms with Gasteiger partial charge < -0.3 is 14.6 Å². The van der Waals surface area contributed by atoms with Crippen LogP contribution in [0.5, 0.6) is 0 Å². The van der Waals surface area contributed by atoms with Crippen LogP contribution in [0, 0.1) is 0 Å². The molecule has 0 bridgehead atoms. The molecule has 0 radical (unpaired) electrons. The van der Waals surface area contributed by atoms with Crippen molar-refractivity contribution in [3.8, 4) is 5.69 Å². The number of hydrogen-bond donors (Lipinski definition) is 1. The highest BCUT2D eigenvalue weighted by molar-refractivity contribution is 7.21. The third kappa shape index (κ3) is 3.66. The number of rotatable bonds is 7. The Morgan fingerprint density at radius 1 is 1.33 bits per heavy atom. The number of amides is 1. The first-order valence-electron chi connectivity index (χ1n) is 8.07. The zero-order valence-corrected chi connectivity index (χ0v) is 14.7. The maximum Gasteiger partial charge on any atom is 0.263 e. The number of nitrogens with zero attached hydrogens (tertiary/aromatic N) is 2. The molecule has 0 aliphatic carbocycles. The maximum absolute atomic E-state index is 12.6. The van der Waals surface area contributed by atoms with Gasteiger partial charge in [0.25, 0.3) is 5.91 Å². The van der Waals surface area contributed by atoms with Crippen LogP contribution in [-0.4, -0.2) is 34.7 Å². The van der Waals surface area contributed by atoms with Crippen molar-refractivity contribution < 1.29 is 9.53 Å². The van der Waals surface area contributed by atoms with Crippen molar-refractivity contribution in [1.29, 1.82) is 0 Å². The number of ether oxygens (including phenoxy) is 1. The lowest BCUT2D eigenvalue weighted by atomic mass is 10.2. The van der Waals surface area contributed by atoms with Crippen molar-refractivity contribution in [3.63, 3.8) is 0 Å². The van der Waals surface area contributed by atoms with Gasteiger partial charge in [0.2, 0.25) is 0 Å². The van der Waals surface area contributed by atoms with Crippen molar-refractivity contribution in [1.82, 2.24) is 14.9 Å². The van der Waals surface area contributed by atoms with Crippen molar-refractivity contribution in [2.45, 2.75) is 26.4 Å². The lowest BCUT2D eigenvalue weighted by Gasteiger charge is -2.09. The minimum absolute atomic E-state index is 0.0637. The summed E-state index contributed by atoms with van der Waals surface area (Å²) in [6.07, 6.45) is 6.66. The number of carbonyl (C=O) groups is 1. The molecule has 0 unspecified atom stereocenters. The monoisotopic (exact) mass is 343 g/mol. The number of nitrogens with one attached hydrogen (secondary N) is 1. The number of carbonyl (C=O) groups excluding carboxylic acids is 1. The van der Waals surface area contributed by atoms with E-state index in [9.17, 15) is 4.79 Å². The summed E-state index contributed by atoms with van der Waals surface area (Å²) < 4.78 is 7.47. The molecular weight excluding hydrogens is 322 g/mol. The van der Waals surface area contributed by atoms with E-state index < -0.39 is 0 Å². The van der Waals surface area contributed by atoms with Crippen LogP contribution < -0.4 is 5.32 Å². The Morgan fingerprint density at radius 3 is 2.88 bits per heavy atom. The molecular formula is C18H21N3O2S. The molecule has 6 heteroatoms. The number of pyridine rings is 1. The molecule has 1 amide bonds. The lowest BCUT2D eigenvalue weighted by Crippen LogP contribution is -2.25. The predicted molar refractivity (Wildman–Crippen MR) is 97.0 cm³/mol. The standard InChI is InChI=1S/C18H21N3O2S/c1-13(2)23-12-6-9-19-17(22)16-15(21-10-3-4-11-21)14-7-5-8-20-18(14)24-16/h3-5,7-8,10-11,13H,6,9,12H2,1-2H3,(H,19,22). The summed E-state index contributed by atoms with van der Waals surface area (Å²) in [4.78, 5) is 18.6. The smallest absolute Gasteiger partial charge is 0.263 e. The van der Waals surface area contributed by atoms with E-state index in [0.717, 1.165) is 22.3 Å². The molecule has 5 nitrogen and oxygen atoms in total. The molecule has 0 fully saturated rings. The number of hydrogen-bond acceptors (Lipinski definition) is 4. The van der Waals surface area contributed by atoms with Crippen molar-refractivity contribution in [3.05, 3.63) is 47.7 Å². The summed E-state index contributed by atoms with van der Waals surface area (Å²) in [6.45, 7) is 5.26. The Labute approximate surface area is 145 Å². The van der Waals surface area contributed by atoms with E-state index in [1.165, 1.54) is 11.3 Å². The molecule has 1 N–H and O–H groups in total. The molecule has 3 heterocycles. The number of thiophene rings is 1. The highest BCUT2D eigenvalue weighted by Gasteiger charge is 2.19. The maximum atomic E-state index is 12.6. The molecule has 0 aromatic carbocycles. The van der Waals surface area contributed by atoms with Gasteiger partial charge in [0, 0.05) is 37.1 Å². The van der Waals surface area contributed by atoms with Gasteiger partial charge in [-0.25, -0.2) is 4.98 Å². The normalized spacial score (nSPS) is 11.3. The van der Waals surface area contributed by atoms with Gasteiger partial charge in [-0.05, 0) is 44.5 Å². The number of aromatic nitrogens is 2. The van der Waals surface area contributed by atoms with Gasteiger partial charge in [-0.1, -0.05) is 0 Å².